The van der Waals surface area contributed by atoms with E-state index in [0.29, 0.717) is 12.4 Å². The van der Waals surface area contributed by atoms with Crippen LogP contribution in [0, 0.1) is 5.41 Å². The Morgan fingerprint density at radius 3 is 2.92 bits per heavy atom. The highest BCUT2D eigenvalue weighted by molar-refractivity contribution is 5.97. The summed E-state index contributed by atoms with van der Waals surface area (Å²) in [6.45, 7) is 2.51. The predicted octanol–water partition coefficient (Wildman–Crippen LogP) is 3.88. The molecule has 0 unspecified atom stereocenters. The zero-order valence-electron chi connectivity index (χ0n) is 14.8. The van der Waals surface area contributed by atoms with Crippen LogP contribution in [0.15, 0.2) is 18.3 Å². The van der Waals surface area contributed by atoms with Gasteiger partial charge in [-0.25, -0.2) is 9.78 Å². The van der Waals surface area contributed by atoms with Crippen molar-refractivity contribution < 1.29 is 14.3 Å². The second-order valence-corrected chi connectivity index (χ2v) is 7.10. The summed E-state index contributed by atoms with van der Waals surface area (Å²) in [6, 6.07) is 2.02. The van der Waals surface area contributed by atoms with Gasteiger partial charge >= 0.3 is 5.97 Å². The monoisotopic (exact) mass is 342 g/mol. The molecule has 1 aromatic rings. The molecular formula is C20H26N2O3. The number of hydrogen-bond donors (Lipinski definition) is 1. The quantitative estimate of drug-likeness (QED) is 0.501. The Bertz CT molecular complexity index is 676. The molecule has 5 heteroatoms. The van der Waals surface area contributed by atoms with E-state index in [4.69, 9.17) is 4.74 Å². The van der Waals surface area contributed by atoms with E-state index in [-0.39, 0.29) is 17.3 Å². The first kappa shape index (κ1) is 17.6. The van der Waals surface area contributed by atoms with Crippen LogP contribution < -0.4 is 5.32 Å². The van der Waals surface area contributed by atoms with Gasteiger partial charge in [-0.15, -0.1) is 0 Å². The van der Waals surface area contributed by atoms with Crippen LogP contribution in [0.3, 0.4) is 0 Å². The van der Waals surface area contributed by atoms with Gasteiger partial charge in [-0.05, 0) is 49.0 Å². The van der Waals surface area contributed by atoms with Gasteiger partial charge in [0.15, 0.2) is 0 Å². The second-order valence-electron chi connectivity index (χ2n) is 7.10. The lowest BCUT2D eigenvalue weighted by molar-refractivity contribution is -0.137. The number of amides is 1. The van der Waals surface area contributed by atoms with Crippen molar-refractivity contribution in [1.82, 2.24) is 4.98 Å². The number of esters is 1. The Labute approximate surface area is 148 Å². The molecule has 2 heterocycles. The molecule has 1 aromatic heterocycles. The third-order valence-corrected chi connectivity index (χ3v) is 5.19. The molecule has 5 nitrogen and oxygen atoms in total. The van der Waals surface area contributed by atoms with E-state index in [1.165, 1.54) is 12.5 Å². The summed E-state index contributed by atoms with van der Waals surface area (Å²) >= 11 is 0. The predicted molar refractivity (Wildman–Crippen MR) is 97.0 cm³/mol. The molecule has 1 aliphatic heterocycles. The SMILES string of the molecule is CCCCOC(=O)/C=C/c1cnc2c(c1)CC1(CCCCC1)C(=O)N2. The number of rotatable bonds is 5. The molecule has 1 N–H and O–H groups in total. The average molecular weight is 342 g/mol. The number of nitrogens with zero attached hydrogens (tertiary/aromatic N) is 1. The fourth-order valence-electron chi connectivity index (χ4n) is 3.71. The molecule has 0 aromatic carbocycles. The number of anilines is 1. The van der Waals surface area contributed by atoms with Gasteiger partial charge in [0.05, 0.1) is 12.0 Å². The molecule has 2 aliphatic rings. The van der Waals surface area contributed by atoms with Crippen LogP contribution in [-0.4, -0.2) is 23.5 Å². The van der Waals surface area contributed by atoms with Crippen molar-refractivity contribution in [2.24, 2.45) is 5.41 Å². The van der Waals surface area contributed by atoms with Crippen LogP contribution in [0.4, 0.5) is 5.82 Å². The van der Waals surface area contributed by atoms with E-state index in [0.717, 1.165) is 56.1 Å². The summed E-state index contributed by atoms with van der Waals surface area (Å²) in [4.78, 5) is 28.6. The molecular weight excluding hydrogens is 316 g/mol. The Kier molecular flexibility index (Phi) is 5.51. The Hall–Kier alpha value is -2.17. The molecule has 0 atom stereocenters. The zero-order valence-corrected chi connectivity index (χ0v) is 14.8. The summed E-state index contributed by atoms with van der Waals surface area (Å²) in [5.74, 6) is 0.446. The van der Waals surface area contributed by atoms with E-state index in [9.17, 15) is 9.59 Å². The van der Waals surface area contributed by atoms with Crippen LogP contribution in [-0.2, 0) is 20.7 Å². The largest absolute Gasteiger partial charge is 0.463 e. The van der Waals surface area contributed by atoms with E-state index in [2.05, 4.69) is 17.2 Å². The summed E-state index contributed by atoms with van der Waals surface area (Å²) in [7, 11) is 0. The molecule has 0 radical (unpaired) electrons. The normalized spacial score (nSPS) is 18.8. The van der Waals surface area contributed by atoms with Gasteiger partial charge in [0.1, 0.15) is 5.82 Å². The van der Waals surface area contributed by atoms with Crippen LogP contribution in [0.5, 0.6) is 0 Å². The molecule has 1 aliphatic carbocycles. The lowest BCUT2D eigenvalue weighted by atomic mass is 9.68. The van der Waals surface area contributed by atoms with Gasteiger partial charge in [-0.1, -0.05) is 32.6 Å². The molecule has 134 valence electrons. The van der Waals surface area contributed by atoms with Crippen molar-refractivity contribution in [3.8, 4) is 0 Å². The van der Waals surface area contributed by atoms with Crippen molar-refractivity contribution in [3.63, 3.8) is 0 Å². The highest BCUT2D eigenvalue weighted by Gasteiger charge is 2.43. The van der Waals surface area contributed by atoms with Crippen molar-refractivity contribution in [2.45, 2.75) is 58.3 Å². The topological polar surface area (TPSA) is 68.3 Å². The second kappa shape index (κ2) is 7.81. The van der Waals surface area contributed by atoms with Crippen LogP contribution >= 0.6 is 0 Å². The Balaban J connectivity index is 1.70. The van der Waals surface area contributed by atoms with Crippen LogP contribution in [0.25, 0.3) is 6.08 Å². The smallest absolute Gasteiger partial charge is 0.330 e. The maximum Gasteiger partial charge on any atom is 0.330 e. The standard InChI is InChI=1S/C20H26N2O3/c1-2-3-11-25-17(23)8-7-15-12-16-13-20(9-5-4-6-10-20)19(24)22-18(16)21-14-15/h7-8,12,14H,2-6,9-11,13H2,1H3,(H,21,22,24)/b8-7+. The first-order valence-electron chi connectivity index (χ1n) is 9.28. The third kappa shape index (κ3) is 4.09. The molecule has 0 bridgehead atoms. The van der Waals surface area contributed by atoms with Gasteiger partial charge in [0, 0.05) is 12.3 Å². The van der Waals surface area contributed by atoms with Gasteiger partial charge in [0.25, 0.3) is 0 Å². The minimum Gasteiger partial charge on any atom is -0.463 e. The Morgan fingerprint density at radius 1 is 1.36 bits per heavy atom. The Morgan fingerprint density at radius 2 is 2.16 bits per heavy atom. The lowest BCUT2D eigenvalue weighted by Gasteiger charge is -2.39. The number of nitrogens with one attached hydrogen (secondary N) is 1. The van der Waals surface area contributed by atoms with E-state index < -0.39 is 0 Å². The van der Waals surface area contributed by atoms with Crippen LogP contribution in [0.1, 0.15) is 63.0 Å². The summed E-state index contributed by atoms with van der Waals surface area (Å²) in [6.07, 6.45) is 12.8. The van der Waals surface area contributed by atoms with E-state index in [1.807, 2.05) is 6.07 Å². The summed E-state index contributed by atoms with van der Waals surface area (Å²) in [5, 5.41) is 2.98. The molecule has 25 heavy (non-hydrogen) atoms. The number of aromatic nitrogens is 1. The van der Waals surface area contributed by atoms with Gasteiger partial charge in [0.2, 0.25) is 5.91 Å². The maximum atomic E-state index is 12.5. The number of pyridine rings is 1. The zero-order chi connectivity index (χ0) is 17.7. The fraction of sp³-hybridized carbons (Fsp3) is 0.550. The number of carbonyl (C=O) groups excluding carboxylic acids is 2. The van der Waals surface area contributed by atoms with E-state index >= 15 is 0 Å². The summed E-state index contributed by atoms with van der Waals surface area (Å²) in [5.41, 5.74) is 1.64. The number of unbranched alkanes of at least 4 members (excludes halogenated alkanes) is 1. The van der Waals surface area contributed by atoms with Gasteiger partial charge < -0.3 is 10.1 Å². The first-order valence-corrected chi connectivity index (χ1v) is 9.28. The van der Waals surface area contributed by atoms with Crippen LogP contribution in [0.2, 0.25) is 0 Å². The molecule has 1 fully saturated rings. The average Bonchev–Trinajstić information content (AvgIpc) is 2.62. The number of carbonyl (C=O) groups is 2. The fourth-order valence-corrected chi connectivity index (χ4v) is 3.71. The van der Waals surface area contributed by atoms with Crippen molar-refractivity contribution in [3.05, 3.63) is 29.5 Å². The minimum atomic E-state index is -0.330. The van der Waals surface area contributed by atoms with Crippen molar-refractivity contribution in [2.75, 3.05) is 11.9 Å². The minimum absolute atomic E-state index is 0.120. The molecule has 3 rings (SSSR count). The molecule has 1 amide bonds. The lowest BCUT2D eigenvalue weighted by Crippen LogP contribution is -2.43. The number of hydrogen-bond acceptors (Lipinski definition) is 4. The number of fused-ring (bicyclic) bond motifs is 1. The first-order chi connectivity index (χ1) is 12.1. The highest BCUT2D eigenvalue weighted by Crippen LogP contribution is 2.43. The highest BCUT2D eigenvalue weighted by atomic mass is 16.5. The van der Waals surface area contributed by atoms with Crippen molar-refractivity contribution in [1.29, 1.82) is 0 Å². The van der Waals surface area contributed by atoms with Gasteiger partial charge in [-0.2, -0.15) is 0 Å². The third-order valence-electron chi connectivity index (χ3n) is 5.19. The van der Waals surface area contributed by atoms with Crippen molar-refractivity contribution >= 4 is 23.8 Å². The summed E-state index contributed by atoms with van der Waals surface area (Å²) < 4.78 is 5.12. The maximum absolute atomic E-state index is 12.5. The molecule has 1 saturated carbocycles. The molecule has 0 saturated heterocycles. The number of ether oxygens (including phenoxy) is 1. The van der Waals surface area contributed by atoms with Gasteiger partial charge in [-0.3, -0.25) is 4.79 Å². The van der Waals surface area contributed by atoms with E-state index in [1.54, 1.807) is 12.3 Å². The molecule has 1 spiro atoms.